The van der Waals surface area contributed by atoms with E-state index in [1.165, 1.54) is 0 Å². The number of amides is 3. The predicted molar refractivity (Wildman–Crippen MR) is 105 cm³/mol. The fourth-order valence-electron chi connectivity index (χ4n) is 3.07. The first-order chi connectivity index (χ1) is 12.9. The average molecular weight is 385 g/mol. The van der Waals surface area contributed by atoms with E-state index in [4.69, 9.17) is 0 Å². The lowest BCUT2D eigenvalue weighted by Gasteiger charge is -2.31. The minimum absolute atomic E-state index is 0.159. The minimum Gasteiger partial charge on any atom is -0.345 e. The number of hydrogen-bond donors (Lipinski definition) is 3. The van der Waals surface area contributed by atoms with Gasteiger partial charge in [-0.3, -0.25) is 4.79 Å². The number of nitrogens with zero attached hydrogens (tertiary/aromatic N) is 2. The van der Waals surface area contributed by atoms with E-state index in [0.717, 1.165) is 22.0 Å². The number of rotatable bonds is 5. The summed E-state index contributed by atoms with van der Waals surface area (Å²) in [6.45, 7) is 4.02. The number of carbonyl (C=O) groups is 2. The molecular formula is C19H23N5O2S. The topological polar surface area (TPSA) is 90.1 Å². The summed E-state index contributed by atoms with van der Waals surface area (Å²) >= 11 is 1.64. The van der Waals surface area contributed by atoms with Crippen molar-refractivity contribution < 1.29 is 9.59 Å². The molecule has 0 spiro atoms. The van der Waals surface area contributed by atoms with Crippen molar-refractivity contribution in [1.29, 1.82) is 0 Å². The summed E-state index contributed by atoms with van der Waals surface area (Å²) in [5, 5.41) is 5.58. The van der Waals surface area contributed by atoms with Crippen LogP contribution in [-0.4, -0.2) is 40.1 Å². The van der Waals surface area contributed by atoms with E-state index < -0.39 is 6.04 Å². The molecule has 7 nitrogen and oxygen atoms in total. The highest BCUT2D eigenvalue weighted by Gasteiger charge is 2.32. The molecule has 3 amide bonds. The number of nitrogens with one attached hydrogen (secondary N) is 3. The first-order valence-electron chi connectivity index (χ1n) is 8.57. The molecule has 0 unspecified atom stereocenters. The molecule has 1 aliphatic rings. The first kappa shape index (κ1) is 19.0. The highest BCUT2D eigenvalue weighted by Crippen LogP contribution is 2.29. The van der Waals surface area contributed by atoms with E-state index in [-0.39, 0.29) is 11.9 Å². The van der Waals surface area contributed by atoms with Gasteiger partial charge < -0.3 is 20.5 Å². The molecule has 27 heavy (non-hydrogen) atoms. The Kier molecular flexibility index (Phi) is 5.55. The van der Waals surface area contributed by atoms with Crippen LogP contribution in [0.2, 0.25) is 0 Å². The van der Waals surface area contributed by atoms with E-state index >= 15 is 0 Å². The maximum Gasteiger partial charge on any atom is 0.319 e. The van der Waals surface area contributed by atoms with Crippen LogP contribution in [0.25, 0.3) is 0 Å². The molecule has 0 saturated heterocycles. The van der Waals surface area contributed by atoms with E-state index in [0.29, 0.717) is 17.8 Å². The van der Waals surface area contributed by atoms with Crippen molar-refractivity contribution in [2.24, 2.45) is 0 Å². The van der Waals surface area contributed by atoms with E-state index in [9.17, 15) is 9.59 Å². The lowest BCUT2D eigenvalue weighted by atomic mass is 9.94. The van der Waals surface area contributed by atoms with Gasteiger partial charge in [0.1, 0.15) is 5.82 Å². The van der Waals surface area contributed by atoms with E-state index in [1.54, 1.807) is 36.8 Å². The second-order valence-electron chi connectivity index (χ2n) is 6.52. The number of urea groups is 1. The zero-order valence-corrected chi connectivity index (χ0v) is 16.6. The zero-order chi connectivity index (χ0) is 19.6. The molecule has 1 atom stereocenters. The van der Waals surface area contributed by atoms with Crippen molar-refractivity contribution in [3.63, 3.8) is 0 Å². The monoisotopic (exact) mass is 385 g/mol. The number of hydrogen-bond acceptors (Lipinski definition) is 4. The maximum absolute atomic E-state index is 13.2. The number of aromatic nitrogens is 2. The number of aromatic amines is 1. The van der Waals surface area contributed by atoms with E-state index in [1.807, 2.05) is 37.4 Å². The van der Waals surface area contributed by atoms with E-state index in [2.05, 4.69) is 20.6 Å². The number of thioether (sulfide) groups is 1. The smallest absolute Gasteiger partial charge is 0.319 e. The van der Waals surface area contributed by atoms with Crippen molar-refractivity contribution >= 4 is 23.7 Å². The fraction of sp³-hybridized carbons (Fsp3) is 0.316. The Bertz CT molecular complexity index is 888. The van der Waals surface area contributed by atoms with Gasteiger partial charge in [0.15, 0.2) is 0 Å². The summed E-state index contributed by atoms with van der Waals surface area (Å²) in [5.41, 5.74) is 2.90. The van der Waals surface area contributed by atoms with Gasteiger partial charge in [-0.05, 0) is 37.8 Å². The highest BCUT2D eigenvalue weighted by molar-refractivity contribution is 7.98. The van der Waals surface area contributed by atoms with Crippen molar-refractivity contribution in [2.45, 2.75) is 31.3 Å². The second-order valence-corrected chi connectivity index (χ2v) is 7.40. The van der Waals surface area contributed by atoms with Gasteiger partial charge in [-0.25, -0.2) is 9.78 Å². The molecule has 1 aromatic carbocycles. The van der Waals surface area contributed by atoms with Gasteiger partial charge in [0, 0.05) is 29.5 Å². The van der Waals surface area contributed by atoms with Crippen LogP contribution in [0.3, 0.4) is 0 Å². The maximum atomic E-state index is 13.2. The molecule has 3 rings (SSSR count). The van der Waals surface area contributed by atoms with Gasteiger partial charge in [-0.15, -0.1) is 11.8 Å². The van der Waals surface area contributed by atoms with Gasteiger partial charge >= 0.3 is 6.03 Å². The Morgan fingerprint density at radius 2 is 1.96 bits per heavy atom. The third-order valence-corrected chi connectivity index (χ3v) is 5.18. The highest BCUT2D eigenvalue weighted by atomic mass is 32.2. The van der Waals surface area contributed by atoms with Gasteiger partial charge in [0.25, 0.3) is 5.91 Å². The van der Waals surface area contributed by atoms with Crippen molar-refractivity contribution in [2.75, 3.05) is 13.3 Å². The Morgan fingerprint density at radius 1 is 1.26 bits per heavy atom. The molecule has 1 aliphatic heterocycles. The number of allylic oxidation sites excluding steroid dienone is 1. The van der Waals surface area contributed by atoms with Gasteiger partial charge in [0.05, 0.1) is 18.2 Å². The number of likely N-dealkylation sites (N-methyl/N-ethyl adjacent to an activating group) is 1. The van der Waals surface area contributed by atoms with Gasteiger partial charge in [0.2, 0.25) is 0 Å². The standard InChI is InChI=1S/C19H23N5O2S/c1-11-9-20-15(21-11)10-24(3)18(25)16-12(2)22-19(26)23-17(16)13-5-7-14(27-4)8-6-13/h5-9,17H,10H2,1-4H3,(H,20,21)(H2,22,23,26)/t17-/m0/s1. The number of aryl methyl sites for hydroxylation is 1. The quantitative estimate of drug-likeness (QED) is 0.691. The van der Waals surface area contributed by atoms with Crippen molar-refractivity contribution in [1.82, 2.24) is 25.5 Å². The Morgan fingerprint density at radius 3 is 2.56 bits per heavy atom. The molecule has 1 aromatic heterocycles. The molecule has 0 aliphatic carbocycles. The third-order valence-electron chi connectivity index (χ3n) is 4.44. The van der Waals surface area contributed by atoms with Crippen LogP contribution >= 0.6 is 11.8 Å². The molecule has 0 saturated carbocycles. The minimum atomic E-state index is -0.497. The normalized spacial score (nSPS) is 16.7. The van der Waals surface area contributed by atoms with Gasteiger partial charge in [-0.2, -0.15) is 0 Å². The summed E-state index contributed by atoms with van der Waals surface area (Å²) < 4.78 is 0. The van der Waals surface area contributed by atoms with Crippen LogP contribution in [0.4, 0.5) is 4.79 Å². The van der Waals surface area contributed by atoms with Crippen LogP contribution in [-0.2, 0) is 11.3 Å². The third kappa shape index (κ3) is 4.16. The Balaban J connectivity index is 1.89. The van der Waals surface area contributed by atoms with Crippen LogP contribution in [0.5, 0.6) is 0 Å². The molecule has 2 aromatic rings. The summed E-state index contributed by atoms with van der Waals surface area (Å²) in [6, 6.07) is 7.05. The summed E-state index contributed by atoms with van der Waals surface area (Å²) in [4.78, 5) is 35.3. The molecule has 142 valence electrons. The molecule has 0 radical (unpaired) electrons. The SMILES string of the molecule is CSc1ccc([C@@H]2NC(=O)NC(C)=C2C(=O)N(C)Cc2ncc(C)[nH]2)cc1. The molecule has 8 heteroatoms. The molecule has 0 bridgehead atoms. The van der Waals surface area contributed by atoms with Crippen LogP contribution in [0, 0.1) is 6.92 Å². The lowest BCUT2D eigenvalue weighted by Crippen LogP contribution is -2.47. The predicted octanol–water partition coefficient (Wildman–Crippen LogP) is 2.73. The lowest BCUT2D eigenvalue weighted by molar-refractivity contribution is -0.127. The molecule has 3 N–H and O–H groups in total. The zero-order valence-electron chi connectivity index (χ0n) is 15.8. The summed E-state index contributed by atoms with van der Waals surface area (Å²) in [6.07, 6.45) is 3.74. The number of benzene rings is 1. The number of carbonyl (C=O) groups excluding carboxylic acids is 2. The van der Waals surface area contributed by atoms with Crippen LogP contribution in [0.1, 0.15) is 30.0 Å². The average Bonchev–Trinajstić information content (AvgIpc) is 3.05. The fourth-order valence-corrected chi connectivity index (χ4v) is 3.48. The number of H-pyrrole nitrogens is 1. The Labute approximate surface area is 162 Å². The van der Waals surface area contributed by atoms with Crippen LogP contribution in [0.15, 0.2) is 46.6 Å². The van der Waals surface area contributed by atoms with Crippen molar-refractivity contribution in [3.8, 4) is 0 Å². The van der Waals surface area contributed by atoms with Crippen molar-refractivity contribution in [3.05, 3.63) is 58.8 Å². The summed E-state index contributed by atoms with van der Waals surface area (Å²) in [5.74, 6) is 0.559. The number of imidazole rings is 1. The first-order valence-corrected chi connectivity index (χ1v) is 9.79. The molecule has 2 heterocycles. The van der Waals surface area contributed by atoms with Crippen LogP contribution < -0.4 is 10.6 Å². The molecular weight excluding hydrogens is 362 g/mol. The largest absolute Gasteiger partial charge is 0.345 e. The molecule has 0 fully saturated rings. The van der Waals surface area contributed by atoms with Gasteiger partial charge in [-0.1, -0.05) is 12.1 Å². The Hall–Kier alpha value is -2.74. The summed E-state index contributed by atoms with van der Waals surface area (Å²) in [7, 11) is 1.73. The second kappa shape index (κ2) is 7.87.